The second-order valence-electron chi connectivity index (χ2n) is 5.24. The minimum absolute atomic E-state index is 0.143. The van der Waals surface area contributed by atoms with Crippen molar-refractivity contribution in [2.24, 2.45) is 0 Å². The lowest BCUT2D eigenvalue weighted by Gasteiger charge is -2.36. The molecular weight excluding hydrogens is 214 g/mol. The van der Waals surface area contributed by atoms with Crippen molar-refractivity contribution < 1.29 is 4.79 Å². The molecule has 0 spiro atoms. The van der Waals surface area contributed by atoms with Crippen LogP contribution in [0.25, 0.3) is 0 Å². The summed E-state index contributed by atoms with van der Waals surface area (Å²) in [6.45, 7) is 6.13. The topological polar surface area (TPSA) is 35.6 Å². The zero-order chi connectivity index (χ0) is 12.3. The van der Waals surface area contributed by atoms with E-state index in [4.69, 9.17) is 0 Å². The fraction of sp³-hybridized carbons (Fsp3) is 0.923. The van der Waals surface area contributed by atoms with Gasteiger partial charge >= 0.3 is 0 Å². The van der Waals surface area contributed by atoms with E-state index in [0.29, 0.717) is 11.9 Å². The molecule has 2 fully saturated rings. The summed E-state index contributed by atoms with van der Waals surface area (Å²) >= 11 is 0. The van der Waals surface area contributed by atoms with E-state index in [2.05, 4.69) is 29.1 Å². The lowest BCUT2D eigenvalue weighted by atomic mass is 10.0. The summed E-state index contributed by atoms with van der Waals surface area (Å²) in [6.07, 6.45) is 4.42. The molecule has 0 saturated carbocycles. The smallest absolute Gasteiger partial charge is 0.240 e. The van der Waals surface area contributed by atoms with Crippen LogP contribution < -0.4 is 5.32 Å². The Hall–Kier alpha value is -0.610. The molecule has 4 heteroatoms. The van der Waals surface area contributed by atoms with Gasteiger partial charge in [0.05, 0.1) is 6.04 Å². The second kappa shape index (κ2) is 5.83. The van der Waals surface area contributed by atoms with Gasteiger partial charge in [0.25, 0.3) is 0 Å². The minimum atomic E-state index is 0.143. The summed E-state index contributed by atoms with van der Waals surface area (Å²) in [5, 5.41) is 3.36. The van der Waals surface area contributed by atoms with Gasteiger partial charge in [0, 0.05) is 12.6 Å². The van der Waals surface area contributed by atoms with Crippen LogP contribution >= 0.6 is 0 Å². The number of likely N-dealkylation sites (N-methyl/N-ethyl adjacent to an activating group) is 2. The van der Waals surface area contributed by atoms with E-state index in [1.54, 1.807) is 0 Å². The van der Waals surface area contributed by atoms with E-state index in [0.717, 1.165) is 51.9 Å². The number of likely N-dealkylation sites (tertiary alicyclic amines) is 1. The summed E-state index contributed by atoms with van der Waals surface area (Å²) < 4.78 is 0. The fourth-order valence-electron chi connectivity index (χ4n) is 3.13. The van der Waals surface area contributed by atoms with Gasteiger partial charge in [-0.25, -0.2) is 0 Å². The van der Waals surface area contributed by atoms with Crippen LogP contribution in [0.1, 0.15) is 32.6 Å². The summed E-state index contributed by atoms with van der Waals surface area (Å²) in [5.41, 5.74) is 0. The molecule has 0 aromatic heterocycles. The molecule has 98 valence electrons. The Kier molecular flexibility index (Phi) is 4.40. The van der Waals surface area contributed by atoms with Crippen molar-refractivity contribution in [1.82, 2.24) is 15.1 Å². The molecule has 2 aliphatic rings. The number of amides is 1. The SMILES string of the molecule is CCN(C(=O)[C@@H]1CCCN1C)C1CCNCC1. The van der Waals surface area contributed by atoms with Crippen LogP contribution in [0.3, 0.4) is 0 Å². The van der Waals surface area contributed by atoms with Crippen molar-refractivity contribution >= 4 is 5.91 Å². The van der Waals surface area contributed by atoms with Gasteiger partial charge in [0.2, 0.25) is 5.91 Å². The largest absolute Gasteiger partial charge is 0.339 e. The Morgan fingerprint density at radius 1 is 1.35 bits per heavy atom. The molecular formula is C13H25N3O. The minimum Gasteiger partial charge on any atom is -0.339 e. The highest BCUT2D eigenvalue weighted by atomic mass is 16.2. The number of rotatable bonds is 3. The number of hydrogen-bond donors (Lipinski definition) is 1. The van der Waals surface area contributed by atoms with Gasteiger partial charge in [-0.2, -0.15) is 0 Å². The highest BCUT2D eigenvalue weighted by Gasteiger charge is 2.33. The van der Waals surface area contributed by atoms with Crippen molar-refractivity contribution in [3.8, 4) is 0 Å². The van der Waals surface area contributed by atoms with Gasteiger partial charge < -0.3 is 10.2 Å². The van der Waals surface area contributed by atoms with E-state index in [1.807, 2.05) is 0 Å². The molecule has 2 aliphatic heterocycles. The van der Waals surface area contributed by atoms with Crippen molar-refractivity contribution in [1.29, 1.82) is 0 Å². The first kappa shape index (κ1) is 12.8. The number of carbonyl (C=O) groups is 1. The zero-order valence-electron chi connectivity index (χ0n) is 11.1. The first-order valence-electron chi connectivity index (χ1n) is 6.95. The normalized spacial score (nSPS) is 27.3. The number of hydrogen-bond acceptors (Lipinski definition) is 3. The van der Waals surface area contributed by atoms with E-state index in [9.17, 15) is 4.79 Å². The third kappa shape index (κ3) is 2.80. The molecule has 0 bridgehead atoms. The van der Waals surface area contributed by atoms with Crippen LogP contribution in [-0.4, -0.2) is 61.0 Å². The molecule has 4 nitrogen and oxygen atoms in total. The quantitative estimate of drug-likeness (QED) is 0.787. The number of piperidine rings is 1. The molecule has 1 atom stereocenters. The van der Waals surface area contributed by atoms with Crippen LogP contribution in [0.2, 0.25) is 0 Å². The van der Waals surface area contributed by atoms with Crippen molar-refractivity contribution in [3.05, 3.63) is 0 Å². The van der Waals surface area contributed by atoms with Gasteiger partial charge in [0.15, 0.2) is 0 Å². The molecule has 0 unspecified atom stereocenters. The molecule has 2 heterocycles. The molecule has 0 aliphatic carbocycles. The summed E-state index contributed by atoms with van der Waals surface area (Å²) in [4.78, 5) is 16.9. The first-order chi connectivity index (χ1) is 8.24. The number of nitrogens with zero attached hydrogens (tertiary/aromatic N) is 2. The third-order valence-electron chi connectivity index (χ3n) is 4.18. The zero-order valence-corrected chi connectivity index (χ0v) is 11.1. The Morgan fingerprint density at radius 3 is 2.59 bits per heavy atom. The Morgan fingerprint density at radius 2 is 2.06 bits per heavy atom. The van der Waals surface area contributed by atoms with Crippen LogP contribution in [0, 0.1) is 0 Å². The first-order valence-corrected chi connectivity index (χ1v) is 6.95. The van der Waals surface area contributed by atoms with Gasteiger partial charge in [-0.15, -0.1) is 0 Å². The number of carbonyl (C=O) groups excluding carboxylic acids is 1. The van der Waals surface area contributed by atoms with Gasteiger partial charge in [-0.1, -0.05) is 0 Å². The third-order valence-corrected chi connectivity index (χ3v) is 4.18. The van der Waals surface area contributed by atoms with E-state index in [-0.39, 0.29) is 6.04 Å². The monoisotopic (exact) mass is 239 g/mol. The number of nitrogens with one attached hydrogen (secondary N) is 1. The summed E-state index contributed by atoms with van der Waals surface area (Å²) in [5.74, 6) is 0.361. The molecule has 0 aromatic rings. The maximum absolute atomic E-state index is 12.6. The molecule has 17 heavy (non-hydrogen) atoms. The average Bonchev–Trinajstić information content (AvgIpc) is 2.77. The summed E-state index contributed by atoms with van der Waals surface area (Å²) in [7, 11) is 2.08. The van der Waals surface area contributed by atoms with Crippen LogP contribution in [-0.2, 0) is 4.79 Å². The van der Waals surface area contributed by atoms with Crippen molar-refractivity contribution in [2.75, 3.05) is 33.2 Å². The van der Waals surface area contributed by atoms with Crippen LogP contribution in [0.15, 0.2) is 0 Å². The molecule has 1 amide bonds. The van der Waals surface area contributed by atoms with Crippen molar-refractivity contribution in [3.63, 3.8) is 0 Å². The Labute approximate surface area is 104 Å². The predicted octanol–water partition coefficient (Wildman–Crippen LogP) is 0.681. The van der Waals surface area contributed by atoms with E-state index in [1.165, 1.54) is 0 Å². The lowest BCUT2D eigenvalue weighted by molar-refractivity contribution is -0.138. The standard InChI is InChI=1S/C13H25N3O/c1-3-16(11-6-8-14-9-7-11)13(17)12-5-4-10-15(12)2/h11-12,14H,3-10H2,1-2H3/t12-/m0/s1. The average molecular weight is 239 g/mol. The summed E-state index contributed by atoms with van der Waals surface area (Å²) in [6, 6.07) is 0.604. The molecule has 1 N–H and O–H groups in total. The molecule has 0 aromatic carbocycles. The molecule has 2 rings (SSSR count). The van der Waals surface area contributed by atoms with Crippen molar-refractivity contribution in [2.45, 2.75) is 44.7 Å². The molecule has 2 saturated heterocycles. The van der Waals surface area contributed by atoms with Gasteiger partial charge in [-0.3, -0.25) is 9.69 Å². The predicted molar refractivity (Wildman–Crippen MR) is 68.9 cm³/mol. The Balaban J connectivity index is 1.98. The van der Waals surface area contributed by atoms with Crippen LogP contribution in [0.5, 0.6) is 0 Å². The van der Waals surface area contributed by atoms with E-state index >= 15 is 0 Å². The second-order valence-corrected chi connectivity index (χ2v) is 5.24. The Bertz CT molecular complexity index is 263. The van der Waals surface area contributed by atoms with Gasteiger partial charge in [-0.05, 0) is 59.3 Å². The van der Waals surface area contributed by atoms with Crippen LogP contribution in [0.4, 0.5) is 0 Å². The highest BCUT2D eigenvalue weighted by molar-refractivity contribution is 5.82. The fourth-order valence-corrected chi connectivity index (χ4v) is 3.13. The van der Waals surface area contributed by atoms with Gasteiger partial charge in [0.1, 0.15) is 0 Å². The van der Waals surface area contributed by atoms with E-state index < -0.39 is 0 Å². The highest BCUT2D eigenvalue weighted by Crippen LogP contribution is 2.20. The molecule has 0 radical (unpaired) electrons. The maximum atomic E-state index is 12.6. The lowest BCUT2D eigenvalue weighted by Crippen LogP contribution is -2.51. The maximum Gasteiger partial charge on any atom is 0.240 e.